The quantitative estimate of drug-likeness (QED) is 0.809. The largest absolute Gasteiger partial charge is 0.398 e. The van der Waals surface area contributed by atoms with E-state index in [-0.39, 0.29) is 5.91 Å². The second kappa shape index (κ2) is 5.02. The molecule has 4 N–H and O–H groups in total. The average molecular weight is 255 g/mol. The molecule has 2 aromatic carbocycles. The number of anilines is 3. The summed E-state index contributed by atoms with van der Waals surface area (Å²) in [5, 5.41) is 0. The minimum atomic E-state index is -0.135. The molecule has 4 nitrogen and oxygen atoms in total. The van der Waals surface area contributed by atoms with Crippen molar-refractivity contribution in [2.75, 3.05) is 23.4 Å². The predicted molar refractivity (Wildman–Crippen MR) is 79.2 cm³/mol. The number of rotatable bonds is 2. The van der Waals surface area contributed by atoms with Crippen LogP contribution in [-0.2, 0) is 0 Å². The number of hydrogen-bond donors (Lipinski definition) is 2. The van der Waals surface area contributed by atoms with E-state index in [1.807, 2.05) is 37.3 Å². The standard InChI is InChI=1S/C15H17N3O/c1-10-13(16)8-11(9-14(10)17)15(19)18(2)12-6-4-3-5-7-12/h3-9H,16-17H2,1-2H3. The van der Waals surface area contributed by atoms with Crippen LogP contribution in [0.25, 0.3) is 0 Å². The molecule has 0 radical (unpaired) electrons. The maximum Gasteiger partial charge on any atom is 0.258 e. The van der Waals surface area contributed by atoms with Gasteiger partial charge in [0.25, 0.3) is 5.91 Å². The molecule has 4 heteroatoms. The van der Waals surface area contributed by atoms with Gasteiger partial charge in [-0.3, -0.25) is 4.79 Å². The molecule has 2 aromatic rings. The van der Waals surface area contributed by atoms with Crippen LogP contribution in [0.5, 0.6) is 0 Å². The van der Waals surface area contributed by atoms with Gasteiger partial charge in [0.15, 0.2) is 0 Å². The van der Waals surface area contributed by atoms with Crippen molar-refractivity contribution in [3.63, 3.8) is 0 Å². The van der Waals surface area contributed by atoms with Gasteiger partial charge in [0.05, 0.1) is 0 Å². The maximum absolute atomic E-state index is 12.4. The summed E-state index contributed by atoms with van der Waals surface area (Å²) in [6.07, 6.45) is 0. The lowest BCUT2D eigenvalue weighted by Gasteiger charge is -2.18. The van der Waals surface area contributed by atoms with Crippen LogP contribution in [0.4, 0.5) is 17.1 Å². The van der Waals surface area contributed by atoms with E-state index in [1.165, 1.54) is 0 Å². The molecule has 0 aliphatic rings. The Kier molecular flexibility index (Phi) is 3.42. The highest BCUT2D eigenvalue weighted by Gasteiger charge is 2.15. The summed E-state index contributed by atoms with van der Waals surface area (Å²) in [5.74, 6) is -0.135. The Labute approximate surface area is 112 Å². The van der Waals surface area contributed by atoms with Gasteiger partial charge in [0.2, 0.25) is 0 Å². The first kappa shape index (κ1) is 13.0. The normalized spacial score (nSPS) is 10.2. The van der Waals surface area contributed by atoms with E-state index >= 15 is 0 Å². The van der Waals surface area contributed by atoms with Crippen LogP contribution in [0.1, 0.15) is 15.9 Å². The summed E-state index contributed by atoms with van der Waals surface area (Å²) < 4.78 is 0. The monoisotopic (exact) mass is 255 g/mol. The number of nitrogens with zero attached hydrogens (tertiary/aromatic N) is 1. The van der Waals surface area contributed by atoms with Crippen LogP contribution in [0.3, 0.4) is 0 Å². The number of hydrogen-bond acceptors (Lipinski definition) is 3. The zero-order valence-corrected chi connectivity index (χ0v) is 11.1. The molecule has 0 heterocycles. The van der Waals surface area contributed by atoms with Crippen molar-refractivity contribution < 1.29 is 4.79 Å². The van der Waals surface area contributed by atoms with Gasteiger partial charge in [-0.2, -0.15) is 0 Å². The van der Waals surface area contributed by atoms with E-state index in [0.717, 1.165) is 11.3 Å². The topological polar surface area (TPSA) is 72.4 Å². The van der Waals surface area contributed by atoms with Crippen molar-refractivity contribution in [3.05, 3.63) is 53.6 Å². The molecular weight excluding hydrogens is 238 g/mol. The van der Waals surface area contributed by atoms with E-state index in [1.54, 1.807) is 24.1 Å². The second-order valence-corrected chi connectivity index (χ2v) is 4.48. The zero-order valence-electron chi connectivity index (χ0n) is 11.1. The Balaban J connectivity index is 2.35. The van der Waals surface area contributed by atoms with E-state index in [4.69, 9.17) is 11.5 Å². The fraction of sp³-hybridized carbons (Fsp3) is 0.133. The lowest BCUT2D eigenvalue weighted by molar-refractivity contribution is 0.0993. The third-order valence-corrected chi connectivity index (χ3v) is 3.18. The SMILES string of the molecule is Cc1c(N)cc(C(=O)N(C)c2ccccc2)cc1N. The number of para-hydroxylation sites is 1. The van der Waals surface area contributed by atoms with E-state index in [2.05, 4.69) is 0 Å². The van der Waals surface area contributed by atoms with Crippen molar-refractivity contribution >= 4 is 23.0 Å². The van der Waals surface area contributed by atoms with Crippen molar-refractivity contribution in [2.24, 2.45) is 0 Å². The Morgan fingerprint density at radius 3 is 2.11 bits per heavy atom. The molecule has 0 bridgehead atoms. The first-order valence-electron chi connectivity index (χ1n) is 5.99. The molecule has 0 spiro atoms. The van der Waals surface area contributed by atoms with Crippen LogP contribution in [0.15, 0.2) is 42.5 Å². The first-order valence-corrected chi connectivity index (χ1v) is 5.99. The van der Waals surface area contributed by atoms with Crippen molar-refractivity contribution in [1.82, 2.24) is 0 Å². The molecule has 0 aromatic heterocycles. The van der Waals surface area contributed by atoms with Gasteiger partial charge in [-0.1, -0.05) is 18.2 Å². The number of amides is 1. The highest BCUT2D eigenvalue weighted by Crippen LogP contribution is 2.23. The van der Waals surface area contributed by atoms with E-state index in [0.29, 0.717) is 16.9 Å². The third-order valence-electron chi connectivity index (χ3n) is 3.18. The molecule has 0 saturated carbocycles. The predicted octanol–water partition coefficient (Wildman–Crippen LogP) is 2.44. The van der Waals surface area contributed by atoms with Crippen LogP contribution in [-0.4, -0.2) is 13.0 Å². The van der Waals surface area contributed by atoms with E-state index < -0.39 is 0 Å². The highest BCUT2D eigenvalue weighted by atomic mass is 16.2. The summed E-state index contributed by atoms with van der Waals surface area (Å²) in [5.41, 5.74) is 14.9. The minimum Gasteiger partial charge on any atom is -0.398 e. The lowest BCUT2D eigenvalue weighted by atomic mass is 10.1. The number of nitrogen functional groups attached to an aromatic ring is 2. The molecule has 98 valence electrons. The summed E-state index contributed by atoms with van der Waals surface area (Å²) in [6.45, 7) is 1.83. The smallest absolute Gasteiger partial charge is 0.258 e. The molecule has 0 unspecified atom stereocenters. The van der Waals surface area contributed by atoms with Gasteiger partial charge in [-0.05, 0) is 36.8 Å². The molecule has 0 atom stereocenters. The van der Waals surface area contributed by atoms with Gasteiger partial charge in [-0.15, -0.1) is 0 Å². The molecule has 0 saturated heterocycles. The zero-order chi connectivity index (χ0) is 14.0. The van der Waals surface area contributed by atoms with Crippen LogP contribution < -0.4 is 16.4 Å². The summed E-state index contributed by atoms with van der Waals surface area (Å²) in [7, 11) is 1.73. The molecular formula is C15H17N3O. The molecule has 0 aliphatic carbocycles. The summed E-state index contributed by atoms with van der Waals surface area (Å²) >= 11 is 0. The van der Waals surface area contributed by atoms with Gasteiger partial charge >= 0.3 is 0 Å². The fourth-order valence-corrected chi connectivity index (χ4v) is 1.85. The average Bonchev–Trinajstić information content (AvgIpc) is 2.43. The van der Waals surface area contributed by atoms with E-state index in [9.17, 15) is 4.79 Å². The Bertz CT molecular complexity index is 585. The van der Waals surface area contributed by atoms with Gasteiger partial charge in [-0.25, -0.2) is 0 Å². The Hall–Kier alpha value is -2.49. The van der Waals surface area contributed by atoms with Gasteiger partial charge in [0.1, 0.15) is 0 Å². The first-order chi connectivity index (χ1) is 9.00. The molecule has 1 amide bonds. The number of benzene rings is 2. The lowest BCUT2D eigenvalue weighted by Crippen LogP contribution is -2.26. The Morgan fingerprint density at radius 2 is 1.58 bits per heavy atom. The van der Waals surface area contributed by atoms with Crippen LogP contribution in [0, 0.1) is 6.92 Å². The minimum absolute atomic E-state index is 0.135. The maximum atomic E-state index is 12.4. The molecule has 19 heavy (non-hydrogen) atoms. The van der Waals surface area contributed by atoms with Crippen LogP contribution in [0.2, 0.25) is 0 Å². The van der Waals surface area contributed by atoms with Gasteiger partial charge < -0.3 is 16.4 Å². The highest BCUT2D eigenvalue weighted by molar-refractivity contribution is 6.07. The molecule has 0 aliphatic heterocycles. The number of carbonyl (C=O) groups excluding carboxylic acids is 1. The fourth-order valence-electron chi connectivity index (χ4n) is 1.85. The summed E-state index contributed by atoms with van der Waals surface area (Å²) in [4.78, 5) is 13.9. The van der Waals surface area contributed by atoms with Crippen molar-refractivity contribution in [1.29, 1.82) is 0 Å². The summed E-state index contributed by atoms with van der Waals surface area (Å²) in [6, 6.07) is 12.7. The number of nitrogens with two attached hydrogens (primary N) is 2. The molecule has 0 fully saturated rings. The van der Waals surface area contributed by atoms with Crippen molar-refractivity contribution in [3.8, 4) is 0 Å². The van der Waals surface area contributed by atoms with Crippen LogP contribution >= 0.6 is 0 Å². The number of carbonyl (C=O) groups is 1. The molecule has 2 rings (SSSR count). The third kappa shape index (κ3) is 2.52. The Morgan fingerprint density at radius 1 is 1.05 bits per heavy atom. The van der Waals surface area contributed by atoms with Crippen molar-refractivity contribution in [2.45, 2.75) is 6.92 Å². The second-order valence-electron chi connectivity index (χ2n) is 4.48. The van der Waals surface area contributed by atoms with Gasteiger partial charge in [0, 0.05) is 29.7 Å².